The summed E-state index contributed by atoms with van der Waals surface area (Å²) < 4.78 is 1.78. The van der Waals surface area contributed by atoms with Crippen molar-refractivity contribution < 1.29 is 5.11 Å². The van der Waals surface area contributed by atoms with Gasteiger partial charge in [-0.05, 0) is 25.0 Å². The molecule has 104 valence electrons. The monoisotopic (exact) mass is 298 g/mol. The van der Waals surface area contributed by atoms with Crippen molar-refractivity contribution in [3.8, 4) is 0 Å². The molecule has 0 aromatic carbocycles. The van der Waals surface area contributed by atoms with E-state index in [1.807, 2.05) is 20.0 Å². The molecule has 0 radical (unpaired) electrons. The van der Waals surface area contributed by atoms with Crippen molar-refractivity contribution in [3.63, 3.8) is 0 Å². The van der Waals surface area contributed by atoms with E-state index < -0.39 is 6.10 Å². The Morgan fingerprint density at radius 3 is 2.63 bits per heavy atom. The highest BCUT2D eigenvalue weighted by Crippen LogP contribution is 2.29. The summed E-state index contributed by atoms with van der Waals surface area (Å²) in [5, 5.41) is 15.4. The number of thiophene rings is 1. The van der Waals surface area contributed by atoms with Crippen LogP contribution in [0.2, 0.25) is 5.02 Å². The van der Waals surface area contributed by atoms with Gasteiger partial charge < -0.3 is 5.11 Å². The van der Waals surface area contributed by atoms with Crippen LogP contribution in [-0.4, -0.2) is 14.9 Å². The van der Waals surface area contributed by atoms with Gasteiger partial charge >= 0.3 is 0 Å². The Morgan fingerprint density at radius 1 is 1.37 bits per heavy atom. The largest absolute Gasteiger partial charge is 0.387 e. The van der Waals surface area contributed by atoms with Gasteiger partial charge in [0, 0.05) is 23.2 Å². The molecule has 2 aromatic rings. The first-order chi connectivity index (χ1) is 9.06. The summed E-state index contributed by atoms with van der Waals surface area (Å²) in [4.78, 5) is 2.28. The normalized spacial score (nSPS) is 12.9. The first-order valence-electron chi connectivity index (χ1n) is 6.53. The van der Waals surface area contributed by atoms with Gasteiger partial charge in [0.1, 0.15) is 0 Å². The molecule has 3 nitrogen and oxygen atoms in total. The van der Waals surface area contributed by atoms with Crippen LogP contribution in [0.1, 0.15) is 41.1 Å². The molecule has 0 aliphatic carbocycles. The van der Waals surface area contributed by atoms with Gasteiger partial charge in [-0.1, -0.05) is 25.4 Å². The minimum Gasteiger partial charge on any atom is -0.387 e. The smallest absolute Gasteiger partial charge is 0.0937 e. The van der Waals surface area contributed by atoms with E-state index in [-0.39, 0.29) is 0 Å². The molecule has 0 spiro atoms. The van der Waals surface area contributed by atoms with Crippen LogP contribution in [0.25, 0.3) is 0 Å². The average molecular weight is 299 g/mol. The second-order valence-electron chi connectivity index (χ2n) is 4.56. The molecule has 0 bridgehead atoms. The van der Waals surface area contributed by atoms with Gasteiger partial charge in [0.2, 0.25) is 0 Å². The third kappa shape index (κ3) is 3.02. The van der Waals surface area contributed by atoms with Gasteiger partial charge in [-0.2, -0.15) is 5.10 Å². The van der Waals surface area contributed by atoms with Crippen LogP contribution in [-0.2, 0) is 26.3 Å². The molecule has 2 aromatic heterocycles. The fourth-order valence-electron chi connectivity index (χ4n) is 2.09. The summed E-state index contributed by atoms with van der Waals surface area (Å²) in [7, 11) is 1.87. The third-order valence-electron chi connectivity index (χ3n) is 3.25. The van der Waals surface area contributed by atoms with Crippen molar-refractivity contribution in [2.75, 3.05) is 0 Å². The Balaban J connectivity index is 2.18. The second kappa shape index (κ2) is 6.07. The molecule has 0 amide bonds. The molecule has 1 N–H and O–H groups in total. The summed E-state index contributed by atoms with van der Waals surface area (Å²) in [5.41, 5.74) is 1.80. The molecule has 2 heterocycles. The Labute approximate surface area is 122 Å². The van der Waals surface area contributed by atoms with Crippen molar-refractivity contribution in [2.45, 2.75) is 39.2 Å². The lowest BCUT2D eigenvalue weighted by Crippen LogP contribution is -2.05. The van der Waals surface area contributed by atoms with Crippen LogP contribution in [0.15, 0.2) is 12.1 Å². The number of halogens is 1. The molecule has 0 fully saturated rings. The predicted molar refractivity (Wildman–Crippen MR) is 80.0 cm³/mol. The molecule has 19 heavy (non-hydrogen) atoms. The minimum atomic E-state index is -0.511. The lowest BCUT2D eigenvalue weighted by molar-refractivity contribution is 0.179. The van der Waals surface area contributed by atoms with E-state index in [4.69, 9.17) is 11.6 Å². The number of aliphatic hydroxyl groups is 1. The van der Waals surface area contributed by atoms with Crippen molar-refractivity contribution >= 4 is 22.9 Å². The first-order valence-corrected chi connectivity index (χ1v) is 7.73. The van der Waals surface area contributed by atoms with E-state index in [1.54, 1.807) is 16.0 Å². The number of aromatic nitrogens is 2. The highest BCUT2D eigenvalue weighted by Gasteiger charge is 2.18. The third-order valence-corrected chi connectivity index (χ3v) is 5.02. The van der Waals surface area contributed by atoms with Crippen molar-refractivity contribution in [3.05, 3.63) is 38.3 Å². The molecular formula is C14H19ClN2OS. The topological polar surface area (TPSA) is 38.1 Å². The van der Waals surface area contributed by atoms with Crippen LogP contribution >= 0.6 is 22.9 Å². The SMILES string of the molecule is CCc1ccc(C(O)Cc2c(Cl)c(CC)nn2C)s1. The second-order valence-corrected chi connectivity index (χ2v) is 6.14. The highest BCUT2D eigenvalue weighted by atomic mass is 35.5. The molecule has 2 rings (SSSR count). The maximum atomic E-state index is 10.3. The number of nitrogens with zero attached hydrogens (tertiary/aromatic N) is 2. The zero-order valence-corrected chi connectivity index (χ0v) is 13.1. The van der Waals surface area contributed by atoms with E-state index >= 15 is 0 Å². The van der Waals surface area contributed by atoms with Gasteiger partial charge in [-0.15, -0.1) is 11.3 Å². The van der Waals surface area contributed by atoms with E-state index in [9.17, 15) is 5.11 Å². The maximum absolute atomic E-state index is 10.3. The van der Waals surface area contributed by atoms with Gasteiger partial charge in [-0.3, -0.25) is 4.68 Å². The van der Waals surface area contributed by atoms with Crippen LogP contribution in [0, 0.1) is 0 Å². The molecular weight excluding hydrogens is 280 g/mol. The Hall–Kier alpha value is -0.840. The van der Waals surface area contributed by atoms with Gasteiger partial charge in [0.15, 0.2) is 0 Å². The standard InChI is InChI=1S/C14H19ClN2OS/c1-4-9-6-7-13(19-9)12(18)8-11-14(15)10(5-2)16-17(11)3/h6-7,12,18H,4-5,8H2,1-3H3. The zero-order chi connectivity index (χ0) is 14.0. The molecule has 0 aliphatic rings. The number of aryl methyl sites for hydroxylation is 3. The van der Waals surface area contributed by atoms with Crippen LogP contribution in [0.4, 0.5) is 0 Å². The summed E-state index contributed by atoms with van der Waals surface area (Å²) in [6.07, 6.45) is 1.81. The fraction of sp³-hybridized carbons (Fsp3) is 0.500. The van der Waals surface area contributed by atoms with Gasteiger partial charge in [0.05, 0.1) is 22.5 Å². The van der Waals surface area contributed by atoms with Crippen molar-refractivity contribution in [2.24, 2.45) is 7.05 Å². The summed E-state index contributed by atoms with van der Waals surface area (Å²) >= 11 is 7.96. The average Bonchev–Trinajstić information content (AvgIpc) is 2.98. The Kier molecular flexibility index (Phi) is 4.66. The van der Waals surface area contributed by atoms with E-state index in [0.717, 1.165) is 29.1 Å². The van der Waals surface area contributed by atoms with Crippen molar-refractivity contribution in [1.82, 2.24) is 9.78 Å². The highest BCUT2D eigenvalue weighted by molar-refractivity contribution is 7.12. The molecule has 0 aliphatic heterocycles. The quantitative estimate of drug-likeness (QED) is 0.917. The molecule has 5 heteroatoms. The number of hydrogen-bond donors (Lipinski definition) is 1. The van der Waals surface area contributed by atoms with Gasteiger partial charge in [-0.25, -0.2) is 0 Å². The van der Waals surface area contributed by atoms with E-state index in [1.165, 1.54) is 4.88 Å². The maximum Gasteiger partial charge on any atom is 0.0937 e. The fourth-order valence-corrected chi connectivity index (χ4v) is 3.40. The summed E-state index contributed by atoms with van der Waals surface area (Å²) in [5.74, 6) is 0. The van der Waals surface area contributed by atoms with E-state index in [0.29, 0.717) is 11.4 Å². The lowest BCUT2D eigenvalue weighted by atomic mass is 10.1. The Morgan fingerprint density at radius 2 is 2.11 bits per heavy atom. The predicted octanol–water partition coefficient (Wildman–Crippen LogP) is 3.54. The summed E-state index contributed by atoms with van der Waals surface area (Å²) in [6, 6.07) is 4.07. The molecule has 0 saturated carbocycles. The zero-order valence-electron chi connectivity index (χ0n) is 11.5. The van der Waals surface area contributed by atoms with Crippen LogP contribution < -0.4 is 0 Å². The minimum absolute atomic E-state index is 0.506. The Bertz CT molecular complexity index is 562. The number of rotatable bonds is 5. The number of hydrogen-bond acceptors (Lipinski definition) is 3. The molecule has 0 saturated heterocycles. The van der Waals surface area contributed by atoms with Crippen LogP contribution in [0.5, 0.6) is 0 Å². The first kappa shape index (κ1) is 14.6. The lowest BCUT2D eigenvalue weighted by Gasteiger charge is -2.09. The summed E-state index contributed by atoms with van der Waals surface area (Å²) in [6.45, 7) is 4.15. The van der Waals surface area contributed by atoms with E-state index in [2.05, 4.69) is 18.1 Å². The molecule has 1 unspecified atom stereocenters. The molecule has 1 atom stereocenters. The number of aliphatic hydroxyl groups excluding tert-OH is 1. The van der Waals surface area contributed by atoms with Crippen molar-refractivity contribution in [1.29, 1.82) is 0 Å². The van der Waals surface area contributed by atoms with Crippen LogP contribution in [0.3, 0.4) is 0 Å². The van der Waals surface area contributed by atoms with Gasteiger partial charge in [0.25, 0.3) is 0 Å².